The van der Waals surface area contributed by atoms with Crippen LogP contribution in [0.2, 0.25) is 0 Å². The Hall–Kier alpha value is -4.03. The van der Waals surface area contributed by atoms with Gasteiger partial charge in [-0.1, -0.05) is 48.5 Å². The highest BCUT2D eigenvalue weighted by Gasteiger charge is 2.33. The third-order valence-corrected chi connectivity index (χ3v) is 6.95. The maximum atomic E-state index is 13.4. The zero-order valence-corrected chi connectivity index (χ0v) is 20.9. The minimum Gasteiger partial charge on any atom is -0.497 e. The molecule has 5 nitrogen and oxygen atoms in total. The van der Waals surface area contributed by atoms with E-state index in [-0.39, 0.29) is 5.91 Å². The fourth-order valence-electron chi connectivity index (χ4n) is 4.05. The number of carbonyl (C=O) groups is 1. The number of para-hydroxylation sites is 1. The summed E-state index contributed by atoms with van der Waals surface area (Å²) in [5.41, 5.74) is 4.10. The van der Waals surface area contributed by atoms with Crippen molar-refractivity contribution in [1.82, 2.24) is 9.47 Å². The first-order chi connectivity index (χ1) is 17.7. The predicted molar refractivity (Wildman–Crippen MR) is 148 cm³/mol. The molecule has 1 aromatic heterocycles. The number of aliphatic imine (C=N–C) groups is 1. The summed E-state index contributed by atoms with van der Waals surface area (Å²) in [6, 6.07) is 30.0. The molecule has 0 aliphatic carbocycles. The molecule has 0 saturated carbocycles. The van der Waals surface area contributed by atoms with E-state index in [1.807, 2.05) is 107 Å². The second-order valence-corrected chi connectivity index (χ2v) is 9.45. The Kier molecular flexibility index (Phi) is 7.33. The van der Waals surface area contributed by atoms with Crippen molar-refractivity contribution in [2.24, 2.45) is 4.99 Å². The van der Waals surface area contributed by atoms with Crippen LogP contribution in [-0.2, 0) is 11.2 Å². The lowest BCUT2D eigenvalue weighted by atomic mass is 10.1. The molecule has 3 aromatic carbocycles. The quantitative estimate of drug-likeness (QED) is 0.256. The number of methoxy groups -OCH3 is 1. The van der Waals surface area contributed by atoms with Crippen molar-refractivity contribution in [2.75, 3.05) is 13.7 Å². The lowest BCUT2D eigenvalue weighted by molar-refractivity contribution is -0.122. The minimum atomic E-state index is -0.0000553. The molecule has 0 atom stereocenters. The smallest absolute Gasteiger partial charge is 0.266 e. The van der Waals surface area contributed by atoms with Crippen LogP contribution in [0.1, 0.15) is 17.5 Å². The topological polar surface area (TPSA) is 46.8 Å². The van der Waals surface area contributed by atoms with Gasteiger partial charge in [0, 0.05) is 24.6 Å². The molecule has 180 valence electrons. The monoisotopic (exact) mass is 493 g/mol. The Balaban J connectivity index is 1.36. The van der Waals surface area contributed by atoms with Gasteiger partial charge in [-0.2, -0.15) is 0 Å². The van der Waals surface area contributed by atoms with Crippen LogP contribution in [0.25, 0.3) is 11.8 Å². The third kappa shape index (κ3) is 5.61. The number of nitrogens with zero attached hydrogens (tertiary/aromatic N) is 3. The molecule has 1 saturated heterocycles. The molecule has 0 N–H and O–H groups in total. The molecule has 1 amide bonds. The molecular weight excluding hydrogens is 466 g/mol. The number of aromatic nitrogens is 1. The molecule has 0 radical (unpaired) electrons. The van der Waals surface area contributed by atoms with E-state index < -0.39 is 0 Å². The number of amidine groups is 1. The predicted octanol–water partition coefficient (Wildman–Crippen LogP) is 6.72. The number of aryl methyl sites for hydroxylation is 1. The SMILES string of the molecule is COc1ccc(-n2ccc(/C=C3/SC(=Nc4ccccc4)N(CCCc4ccccc4)C3=O)c2)cc1. The molecule has 0 spiro atoms. The number of hydrogen-bond acceptors (Lipinski definition) is 4. The molecule has 0 unspecified atom stereocenters. The summed E-state index contributed by atoms with van der Waals surface area (Å²) in [4.78, 5) is 20.7. The van der Waals surface area contributed by atoms with Crippen LogP contribution in [0, 0.1) is 0 Å². The van der Waals surface area contributed by atoms with Gasteiger partial charge in [0.05, 0.1) is 17.7 Å². The first-order valence-electron chi connectivity index (χ1n) is 11.9. The van der Waals surface area contributed by atoms with Crippen molar-refractivity contribution in [2.45, 2.75) is 12.8 Å². The summed E-state index contributed by atoms with van der Waals surface area (Å²) in [5.74, 6) is 0.818. The molecular formula is C30H27N3O2S. The zero-order valence-electron chi connectivity index (χ0n) is 20.1. The third-order valence-electron chi connectivity index (χ3n) is 5.94. The van der Waals surface area contributed by atoms with E-state index in [1.165, 1.54) is 17.3 Å². The molecule has 1 aliphatic heterocycles. The molecule has 6 heteroatoms. The van der Waals surface area contributed by atoms with Gasteiger partial charge in [-0.3, -0.25) is 9.69 Å². The summed E-state index contributed by atoms with van der Waals surface area (Å²) in [6.07, 6.45) is 7.75. The van der Waals surface area contributed by atoms with Crippen molar-refractivity contribution in [3.8, 4) is 11.4 Å². The largest absolute Gasteiger partial charge is 0.497 e. The van der Waals surface area contributed by atoms with Gasteiger partial charge in [0.2, 0.25) is 0 Å². The van der Waals surface area contributed by atoms with Gasteiger partial charge in [0.1, 0.15) is 5.75 Å². The first kappa shape index (κ1) is 23.7. The molecule has 4 aromatic rings. The molecule has 1 fully saturated rings. The molecule has 0 bridgehead atoms. The minimum absolute atomic E-state index is 0.0000553. The standard InChI is InChI=1S/C30H27N3O2S/c1-35-27-16-14-26(15-17-27)32-20-18-24(22-32)21-28-29(34)33(19-8-11-23-9-4-2-5-10-23)30(36-28)31-25-12-6-3-7-13-25/h2-7,9-10,12-18,20-22H,8,11,19H2,1H3/b28-21+,31-30?. The van der Waals surface area contributed by atoms with Crippen LogP contribution < -0.4 is 4.74 Å². The van der Waals surface area contributed by atoms with Crippen molar-refractivity contribution in [1.29, 1.82) is 0 Å². The zero-order chi connectivity index (χ0) is 24.7. The average Bonchev–Trinajstić information content (AvgIpc) is 3.50. The summed E-state index contributed by atoms with van der Waals surface area (Å²) in [6.45, 7) is 0.622. The number of rotatable bonds is 8. The second-order valence-electron chi connectivity index (χ2n) is 8.44. The summed E-state index contributed by atoms with van der Waals surface area (Å²) in [5, 5.41) is 0.722. The fraction of sp³-hybridized carbons (Fsp3) is 0.133. The van der Waals surface area contributed by atoms with Crippen molar-refractivity contribution < 1.29 is 9.53 Å². The fourth-order valence-corrected chi connectivity index (χ4v) is 5.08. The van der Waals surface area contributed by atoms with E-state index in [4.69, 9.17) is 9.73 Å². The molecule has 2 heterocycles. The summed E-state index contributed by atoms with van der Waals surface area (Å²) < 4.78 is 7.29. The van der Waals surface area contributed by atoms with Gasteiger partial charge in [-0.05, 0) is 84.3 Å². The van der Waals surface area contributed by atoms with Crippen LogP contribution in [0.3, 0.4) is 0 Å². The molecule has 1 aliphatic rings. The average molecular weight is 494 g/mol. The Bertz CT molecular complexity index is 1380. The summed E-state index contributed by atoms with van der Waals surface area (Å²) >= 11 is 1.43. The highest BCUT2D eigenvalue weighted by molar-refractivity contribution is 8.18. The van der Waals surface area contributed by atoms with Crippen LogP contribution in [0.5, 0.6) is 5.75 Å². The van der Waals surface area contributed by atoms with E-state index in [9.17, 15) is 4.79 Å². The van der Waals surface area contributed by atoms with Crippen molar-refractivity contribution in [3.05, 3.63) is 119 Å². The van der Waals surface area contributed by atoms with E-state index in [0.717, 1.165) is 40.7 Å². The molecule has 5 rings (SSSR count). The first-order valence-corrected chi connectivity index (χ1v) is 12.7. The van der Waals surface area contributed by atoms with Crippen LogP contribution in [0.4, 0.5) is 5.69 Å². The number of benzene rings is 3. The Morgan fingerprint density at radius 2 is 1.64 bits per heavy atom. The highest BCUT2D eigenvalue weighted by atomic mass is 32.2. The van der Waals surface area contributed by atoms with Gasteiger partial charge in [0.25, 0.3) is 5.91 Å². The molecule has 36 heavy (non-hydrogen) atoms. The number of carbonyl (C=O) groups excluding carboxylic acids is 1. The lowest BCUT2D eigenvalue weighted by Crippen LogP contribution is -2.30. The van der Waals surface area contributed by atoms with Crippen molar-refractivity contribution >= 4 is 34.6 Å². The number of thioether (sulfide) groups is 1. The number of hydrogen-bond donors (Lipinski definition) is 0. The Morgan fingerprint density at radius 3 is 2.36 bits per heavy atom. The highest BCUT2D eigenvalue weighted by Crippen LogP contribution is 2.34. The second kappa shape index (κ2) is 11.1. The van der Waals surface area contributed by atoms with E-state index >= 15 is 0 Å². The Labute approximate surface area is 215 Å². The van der Waals surface area contributed by atoms with Gasteiger partial charge < -0.3 is 9.30 Å². The van der Waals surface area contributed by atoms with Crippen molar-refractivity contribution in [3.63, 3.8) is 0 Å². The lowest BCUT2D eigenvalue weighted by Gasteiger charge is -2.15. The number of ether oxygens (including phenoxy) is 1. The van der Waals surface area contributed by atoms with E-state index in [1.54, 1.807) is 7.11 Å². The number of amides is 1. The van der Waals surface area contributed by atoms with E-state index in [0.29, 0.717) is 11.4 Å². The van der Waals surface area contributed by atoms with Crippen LogP contribution >= 0.6 is 11.8 Å². The summed E-state index contributed by atoms with van der Waals surface area (Å²) in [7, 11) is 1.66. The van der Waals surface area contributed by atoms with Crippen LogP contribution in [0.15, 0.2) is 113 Å². The normalized spacial score (nSPS) is 15.7. The van der Waals surface area contributed by atoms with Gasteiger partial charge in [-0.25, -0.2) is 4.99 Å². The Morgan fingerprint density at radius 1 is 0.917 bits per heavy atom. The van der Waals surface area contributed by atoms with Gasteiger partial charge in [0.15, 0.2) is 5.17 Å². The maximum absolute atomic E-state index is 13.4. The van der Waals surface area contributed by atoms with Gasteiger partial charge in [-0.15, -0.1) is 0 Å². The van der Waals surface area contributed by atoms with Crippen LogP contribution in [-0.4, -0.2) is 34.2 Å². The van der Waals surface area contributed by atoms with E-state index in [2.05, 4.69) is 12.1 Å². The maximum Gasteiger partial charge on any atom is 0.266 e. The van der Waals surface area contributed by atoms with Gasteiger partial charge >= 0.3 is 0 Å².